The van der Waals surface area contributed by atoms with E-state index in [1.54, 1.807) is 12.1 Å². The molecule has 190 valence electrons. The summed E-state index contributed by atoms with van der Waals surface area (Å²) in [5.74, 6) is -2.57. The molecule has 4 N–H and O–H groups in total. The number of carboxylic acid groups (broad SMARTS) is 1. The second kappa shape index (κ2) is 10.9. The summed E-state index contributed by atoms with van der Waals surface area (Å²) in [6, 6.07) is 5.56. The number of tetrazole rings is 1. The summed E-state index contributed by atoms with van der Waals surface area (Å²) in [7, 11) is 0. The van der Waals surface area contributed by atoms with Crippen LogP contribution < -0.4 is 15.5 Å². The Hall–Kier alpha value is -4.36. The third-order valence-electron chi connectivity index (χ3n) is 6.20. The van der Waals surface area contributed by atoms with Crippen molar-refractivity contribution < 1.29 is 29.1 Å². The van der Waals surface area contributed by atoms with Gasteiger partial charge in [0, 0.05) is 25.1 Å². The largest absolute Gasteiger partial charge is 0.481 e. The number of likely N-dealkylation sites (tertiary alicyclic amines) is 1. The highest BCUT2D eigenvalue weighted by atomic mass is 16.4. The molecule has 2 aliphatic heterocycles. The van der Waals surface area contributed by atoms with Gasteiger partial charge in [0.15, 0.2) is 5.82 Å². The van der Waals surface area contributed by atoms with Crippen LogP contribution in [-0.4, -0.2) is 85.4 Å². The molecule has 1 saturated heterocycles. The van der Waals surface area contributed by atoms with Gasteiger partial charge in [-0.1, -0.05) is 23.4 Å². The molecule has 0 aliphatic carbocycles. The molecule has 4 rings (SSSR count). The predicted octanol–water partition coefficient (Wildman–Crippen LogP) is -1.25. The number of fused-ring (bicyclic) bond motifs is 1. The normalized spacial score (nSPS) is 18.6. The Morgan fingerprint density at radius 2 is 1.81 bits per heavy atom. The molecule has 14 nitrogen and oxygen atoms in total. The Morgan fingerprint density at radius 1 is 1.03 bits per heavy atom. The van der Waals surface area contributed by atoms with Gasteiger partial charge in [0.05, 0.1) is 19.5 Å². The maximum Gasteiger partial charge on any atom is 0.303 e. The van der Waals surface area contributed by atoms with Crippen LogP contribution in [0.3, 0.4) is 0 Å². The Balaban J connectivity index is 1.39. The molecule has 0 unspecified atom stereocenters. The Kier molecular flexibility index (Phi) is 7.51. The van der Waals surface area contributed by atoms with Crippen LogP contribution in [0.2, 0.25) is 0 Å². The first-order valence-corrected chi connectivity index (χ1v) is 11.5. The molecule has 1 fully saturated rings. The molecule has 2 aliphatic rings. The second-order valence-corrected chi connectivity index (χ2v) is 8.51. The van der Waals surface area contributed by atoms with Crippen molar-refractivity contribution in [2.24, 2.45) is 0 Å². The molecule has 2 atom stereocenters. The number of rotatable bonds is 9. The topological polar surface area (TPSA) is 191 Å². The molecule has 0 radical (unpaired) electrons. The summed E-state index contributed by atoms with van der Waals surface area (Å²) >= 11 is 0. The van der Waals surface area contributed by atoms with Gasteiger partial charge in [0.2, 0.25) is 23.6 Å². The number of nitrogens with one attached hydrogen (secondary N) is 3. The maximum absolute atomic E-state index is 13.2. The zero-order valence-electron chi connectivity index (χ0n) is 19.3. The average molecular weight is 499 g/mol. The van der Waals surface area contributed by atoms with Crippen LogP contribution in [-0.2, 0) is 36.9 Å². The Morgan fingerprint density at radius 3 is 2.56 bits per heavy atom. The molecule has 3 heterocycles. The first-order valence-electron chi connectivity index (χ1n) is 11.5. The molecule has 36 heavy (non-hydrogen) atoms. The van der Waals surface area contributed by atoms with E-state index in [1.807, 2.05) is 12.1 Å². The molecule has 14 heteroatoms. The van der Waals surface area contributed by atoms with Crippen molar-refractivity contribution >= 4 is 35.3 Å². The third-order valence-corrected chi connectivity index (χ3v) is 6.20. The van der Waals surface area contributed by atoms with Crippen molar-refractivity contribution in [1.82, 2.24) is 36.2 Å². The number of aromatic amines is 1. The van der Waals surface area contributed by atoms with E-state index >= 15 is 0 Å². The summed E-state index contributed by atoms with van der Waals surface area (Å²) in [6.07, 6.45) is 0.831. The van der Waals surface area contributed by atoms with Crippen molar-refractivity contribution in [3.63, 3.8) is 0 Å². The van der Waals surface area contributed by atoms with Crippen LogP contribution >= 0.6 is 0 Å². The first-order chi connectivity index (χ1) is 17.3. The number of carbonyl (C=O) groups excluding carboxylic acids is 4. The number of aromatic nitrogens is 4. The molecular formula is C22H26N8O6. The monoisotopic (exact) mass is 498 g/mol. The molecule has 1 aromatic carbocycles. The van der Waals surface area contributed by atoms with Gasteiger partial charge in [-0.3, -0.25) is 28.9 Å². The summed E-state index contributed by atoms with van der Waals surface area (Å²) in [5, 5.41) is 27.4. The van der Waals surface area contributed by atoms with Gasteiger partial charge in [0.1, 0.15) is 12.1 Å². The molecule has 0 bridgehead atoms. The van der Waals surface area contributed by atoms with E-state index in [2.05, 4.69) is 31.3 Å². The smallest absolute Gasteiger partial charge is 0.303 e. The zero-order chi connectivity index (χ0) is 25.7. The van der Waals surface area contributed by atoms with Gasteiger partial charge in [-0.25, -0.2) is 0 Å². The van der Waals surface area contributed by atoms with Gasteiger partial charge >= 0.3 is 5.97 Å². The van der Waals surface area contributed by atoms with Crippen molar-refractivity contribution in [3.8, 4) is 0 Å². The number of benzene rings is 1. The van der Waals surface area contributed by atoms with Crippen LogP contribution in [0.15, 0.2) is 24.3 Å². The van der Waals surface area contributed by atoms with Crippen LogP contribution in [0.4, 0.5) is 5.69 Å². The lowest BCUT2D eigenvalue weighted by atomic mass is 10.1. The predicted molar refractivity (Wildman–Crippen MR) is 122 cm³/mol. The minimum Gasteiger partial charge on any atom is -0.481 e. The zero-order valence-corrected chi connectivity index (χ0v) is 19.3. The minimum absolute atomic E-state index is 0.0361. The average Bonchev–Trinajstić information content (AvgIpc) is 3.63. The lowest BCUT2D eigenvalue weighted by Crippen LogP contribution is -2.52. The fourth-order valence-electron chi connectivity index (χ4n) is 4.51. The van der Waals surface area contributed by atoms with E-state index in [1.165, 1.54) is 9.80 Å². The number of carboxylic acids is 1. The first kappa shape index (κ1) is 24.8. The van der Waals surface area contributed by atoms with Gasteiger partial charge in [0.25, 0.3) is 0 Å². The number of para-hydroxylation sites is 1. The van der Waals surface area contributed by atoms with Gasteiger partial charge in [-0.15, -0.1) is 10.2 Å². The summed E-state index contributed by atoms with van der Waals surface area (Å²) < 4.78 is 0. The lowest BCUT2D eigenvalue weighted by molar-refractivity contribution is -0.142. The third kappa shape index (κ3) is 5.47. The van der Waals surface area contributed by atoms with E-state index in [-0.39, 0.29) is 25.9 Å². The van der Waals surface area contributed by atoms with E-state index in [0.717, 1.165) is 5.56 Å². The maximum atomic E-state index is 13.2. The summed E-state index contributed by atoms with van der Waals surface area (Å²) in [4.78, 5) is 64.8. The highest BCUT2D eigenvalue weighted by Gasteiger charge is 2.39. The van der Waals surface area contributed by atoms with E-state index in [4.69, 9.17) is 5.11 Å². The number of carbonyl (C=O) groups is 5. The van der Waals surface area contributed by atoms with E-state index in [0.29, 0.717) is 37.3 Å². The Bertz CT molecular complexity index is 1150. The van der Waals surface area contributed by atoms with Crippen LogP contribution in [0, 0.1) is 0 Å². The number of hydrogen-bond donors (Lipinski definition) is 4. The highest BCUT2D eigenvalue weighted by Crippen LogP contribution is 2.32. The lowest BCUT2D eigenvalue weighted by Gasteiger charge is -2.26. The van der Waals surface area contributed by atoms with Crippen molar-refractivity contribution in [3.05, 3.63) is 35.7 Å². The standard InChI is InChI=1S/C22H26N8O6/c31-18(7-8-20(33)34)29-9-3-6-15(29)21(35)24-12-19(32)30-14-5-2-1-4-13(14)10-16(30)22(36)23-11-17-25-27-28-26-17/h1-2,4-5,15-16H,3,6-12H2,(H,23,36)(H,24,35)(H,33,34)(H,25,26,27,28)/t15-,16-/m0/s1. The number of amides is 4. The van der Waals surface area contributed by atoms with Gasteiger partial charge in [-0.2, -0.15) is 5.21 Å². The quantitative estimate of drug-likeness (QED) is 0.327. The number of H-pyrrole nitrogens is 1. The number of anilines is 1. The van der Waals surface area contributed by atoms with Crippen LogP contribution in [0.5, 0.6) is 0 Å². The second-order valence-electron chi connectivity index (χ2n) is 8.51. The number of nitrogens with zero attached hydrogens (tertiary/aromatic N) is 5. The minimum atomic E-state index is -1.09. The van der Waals surface area contributed by atoms with Crippen LogP contribution in [0.1, 0.15) is 37.1 Å². The van der Waals surface area contributed by atoms with Gasteiger partial charge < -0.3 is 20.6 Å². The number of aliphatic carboxylic acids is 1. The number of hydrogen-bond acceptors (Lipinski definition) is 8. The van der Waals surface area contributed by atoms with Crippen molar-refractivity contribution in [2.75, 3.05) is 18.0 Å². The van der Waals surface area contributed by atoms with E-state index in [9.17, 15) is 24.0 Å². The molecular weight excluding hydrogens is 472 g/mol. The molecule has 4 amide bonds. The molecule has 0 spiro atoms. The summed E-state index contributed by atoms with van der Waals surface area (Å²) in [5.41, 5.74) is 1.41. The molecule has 0 saturated carbocycles. The van der Waals surface area contributed by atoms with Crippen LogP contribution in [0.25, 0.3) is 0 Å². The summed E-state index contributed by atoms with van der Waals surface area (Å²) in [6.45, 7) is 0.0242. The Labute approximate surface area is 205 Å². The highest BCUT2D eigenvalue weighted by molar-refractivity contribution is 6.05. The van der Waals surface area contributed by atoms with Crippen molar-refractivity contribution in [2.45, 2.75) is 50.7 Å². The van der Waals surface area contributed by atoms with E-state index < -0.39 is 41.7 Å². The molecule has 1 aromatic heterocycles. The fourth-order valence-corrected chi connectivity index (χ4v) is 4.51. The SMILES string of the molecule is O=C(O)CCC(=O)N1CCC[C@H]1C(=O)NCC(=O)N1c2ccccc2C[C@H]1C(=O)NCc1nn[nH]n1. The van der Waals surface area contributed by atoms with Gasteiger partial charge in [-0.05, 0) is 24.5 Å². The molecule has 2 aromatic rings. The fraction of sp³-hybridized carbons (Fsp3) is 0.455. The van der Waals surface area contributed by atoms with Crippen molar-refractivity contribution in [1.29, 1.82) is 0 Å².